The van der Waals surface area contributed by atoms with E-state index in [4.69, 9.17) is 5.26 Å². The number of nitriles is 1. The number of nitrogens with zero attached hydrogens (tertiary/aromatic N) is 3. The second-order valence-corrected chi connectivity index (χ2v) is 3.85. The third-order valence-electron chi connectivity index (χ3n) is 2.30. The van der Waals surface area contributed by atoms with Crippen LogP contribution in [0.15, 0.2) is 18.3 Å². The highest BCUT2D eigenvalue weighted by Crippen LogP contribution is 2.17. The molecule has 3 nitrogen and oxygen atoms in total. The molecule has 0 aliphatic heterocycles. The van der Waals surface area contributed by atoms with Gasteiger partial charge in [-0.1, -0.05) is 0 Å². The van der Waals surface area contributed by atoms with Gasteiger partial charge in [-0.15, -0.1) is 0 Å². The fourth-order valence-electron chi connectivity index (χ4n) is 1.57. The van der Waals surface area contributed by atoms with Crippen LogP contribution in [0.1, 0.15) is 26.0 Å². The van der Waals surface area contributed by atoms with Crippen molar-refractivity contribution in [3.8, 4) is 6.07 Å². The van der Waals surface area contributed by atoms with E-state index in [0.29, 0.717) is 12.5 Å². The summed E-state index contributed by atoms with van der Waals surface area (Å²) in [5.41, 5.74) is 2.16. The SMILES string of the molecule is Cc1cc(N(CCC#N)C(C)C)ccn1. The molecule has 0 aliphatic carbocycles. The zero-order chi connectivity index (χ0) is 11.3. The van der Waals surface area contributed by atoms with Crippen molar-refractivity contribution in [3.63, 3.8) is 0 Å². The third-order valence-corrected chi connectivity index (χ3v) is 2.30. The maximum absolute atomic E-state index is 8.61. The predicted octanol–water partition coefficient (Wildman–Crippen LogP) is 2.52. The maximum Gasteiger partial charge on any atom is 0.0640 e. The normalized spacial score (nSPS) is 10.1. The molecule has 0 atom stereocenters. The van der Waals surface area contributed by atoms with Gasteiger partial charge in [0.05, 0.1) is 12.5 Å². The Labute approximate surface area is 91.4 Å². The summed E-state index contributed by atoms with van der Waals surface area (Å²) in [4.78, 5) is 6.39. The summed E-state index contributed by atoms with van der Waals surface area (Å²) in [5.74, 6) is 0. The Morgan fingerprint density at radius 1 is 1.53 bits per heavy atom. The van der Waals surface area contributed by atoms with Crippen LogP contribution in [-0.4, -0.2) is 17.6 Å². The zero-order valence-corrected chi connectivity index (χ0v) is 9.57. The van der Waals surface area contributed by atoms with Gasteiger partial charge in [0.25, 0.3) is 0 Å². The second kappa shape index (κ2) is 5.35. The van der Waals surface area contributed by atoms with Crippen LogP contribution in [0.25, 0.3) is 0 Å². The Morgan fingerprint density at radius 2 is 2.27 bits per heavy atom. The third kappa shape index (κ3) is 3.25. The first-order valence-electron chi connectivity index (χ1n) is 5.21. The number of anilines is 1. The number of aromatic nitrogens is 1. The average Bonchev–Trinajstić information content (AvgIpc) is 2.18. The lowest BCUT2D eigenvalue weighted by Crippen LogP contribution is -2.31. The first kappa shape index (κ1) is 11.5. The second-order valence-electron chi connectivity index (χ2n) is 3.85. The van der Waals surface area contributed by atoms with Crippen molar-refractivity contribution in [3.05, 3.63) is 24.0 Å². The Morgan fingerprint density at radius 3 is 2.80 bits per heavy atom. The summed E-state index contributed by atoms with van der Waals surface area (Å²) in [5, 5.41) is 8.61. The average molecular weight is 203 g/mol. The summed E-state index contributed by atoms with van der Waals surface area (Å²) < 4.78 is 0. The van der Waals surface area contributed by atoms with Gasteiger partial charge in [-0.25, -0.2) is 0 Å². The Balaban J connectivity index is 2.84. The van der Waals surface area contributed by atoms with E-state index in [1.807, 2.05) is 19.2 Å². The number of pyridine rings is 1. The quantitative estimate of drug-likeness (QED) is 0.755. The molecule has 0 unspecified atom stereocenters. The standard InChI is InChI=1S/C12H17N3/c1-10(2)15(8-4-6-13)12-5-7-14-11(3)9-12/h5,7,9-10H,4,8H2,1-3H3. The van der Waals surface area contributed by atoms with Gasteiger partial charge in [0.15, 0.2) is 0 Å². The van der Waals surface area contributed by atoms with Crippen molar-refractivity contribution < 1.29 is 0 Å². The summed E-state index contributed by atoms with van der Waals surface area (Å²) in [6.07, 6.45) is 2.37. The first-order chi connectivity index (χ1) is 7.15. The summed E-state index contributed by atoms with van der Waals surface area (Å²) in [6.45, 7) is 7.02. The summed E-state index contributed by atoms with van der Waals surface area (Å²) in [6, 6.07) is 6.63. The minimum Gasteiger partial charge on any atom is -0.368 e. The van der Waals surface area contributed by atoms with Crippen molar-refractivity contribution in [2.24, 2.45) is 0 Å². The summed E-state index contributed by atoms with van der Waals surface area (Å²) >= 11 is 0. The lowest BCUT2D eigenvalue weighted by Gasteiger charge is -2.28. The molecule has 0 amide bonds. The lowest BCUT2D eigenvalue weighted by molar-refractivity contribution is 0.686. The van der Waals surface area contributed by atoms with Gasteiger partial charge in [0.1, 0.15) is 0 Å². The van der Waals surface area contributed by atoms with Gasteiger partial charge in [-0.2, -0.15) is 5.26 Å². The van der Waals surface area contributed by atoms with E-state index < -0.39 is 0 Å². The van der Waals surface area contributed by atoms with Gasteiger partial charge < -0.3 is 4.90 Å². The molecule has 0 N–H and O–H groups in total. The zero-order valence-electron chi connectivity index (χ0n) is 9.57. The fraction of sp³-hybridized carbons (Fsp3) is 0.500. The van der Waals surface area contributed by atoms with E-state index >= 15 is 0 Å². The molecule has 0 radical (unpaired) electrons. The van der Waals surface area contributed by atoms with Crippen LogP contribution in [0, 0.1) is 18.3 Å². The van der Waals surface area contributed by atoms with Gasteiger partial charge in [0.2, 0.25) is 0 Å². The minimum atomic E-state index is 0.403. The molecule has 15 heavy (non-hydrogen) atoms. The highest BCUT2D eigenvalue weighted by Gasteiger charge is 2.09. The van der Waals surface area contributed by atoms with Crippen LogP contribution in [-0.2, 0) is 0 Å². The number of aryl methyl sites for hydroxylation is 1. The molecule has 0 aromatic carbocycles. The molecule has 1 heterocycles. The van der Waals surface area contributed by atoms with E-state index in [1.165, 1.54) is 0 Å². The van der Waals surface area contributed by atoms with E-state index in [-0.39, 0.29) is 0 Å². The summed E-state index contributed by atoms with van der Waals surface area (Å²) in [7, 11) is 0. The molecule has 0 aliphatic rings. The van der Waals surface area contributed by atoms with E-state index in [0.717, 1.165) is 17.9 Å². The molecular formula is C12H17N3. The van der Waals surface area contributed by atoms with Crippen molar-refractivity contribution in [2.75, 3.05) is 11.4 Å². The van der Waals surface area contributed by atoms with E-state index in [1.54, 1.807) is 0 Å². The van der Waals surface area contributed by atoms with E-state index in [9.17, 15) is 0 Å². The highest BCUT2D eigenvalue weighted by molar-refractivity contribution is 5.47. The molecule has 1 aromatic rings. The van der Waals surface area contributed by atoms with Crippen LogP contribution in [0.2, 0.25) is 0 Å². The first-order valence-corrected chi connectivity index (χ1v) is 5.21. The predicted molar refractivity (Wildman–Crippen MR) is 61.7 cm³/mol. The largest absolute Gasteiger partial charge is 0.368 e. The lowest BCUT2D eigenvalue weighted by atomic mass is 10.2. The Hall–Kier alpha value is -1.56. The molecule has 1 rings (SSSR count). The fourth-order valence-corrected chi connectivity index (χ4v) is 1.57. The molecular weight excluding hydrogens is 186 g/mol. The van der Waals surface area contributed by atoms with Crippen molar-refractivity contribution in [1.82, 2.24) is 4.98 Å². The number of hydrogen-bond acceptors (Lipinski definition) is 3. The number of hydrogen-bond donors (Lipinski definition) is 0. The van der Waals surface area contributed by atoms with Crippen LogP contribution in [0.5, 0.6) is 0 Å². The van der Waals surface area contributed by atoms with Crippen LogP contribution in [0.3, 0.4) is 0 Å². The van der Waals surface area contributed by atoms with Crippen LogP contribution >= 0.6 is 0 Å². The molecule has 0 fully saturated rings. The maximum atomic E-state index is 8.61. The Kier molecular flexibility index (Phi) is 4.11. The van der Waals surface area contributed by atoms with E-state index in [2.05, 4.69) is 35.9 Å². The molecule has 80 valence electrons. The van der Waals surface area contributed by atoms with Gasteiger partial charge in [0, 0.05) is 30.2 Å². The highest BCUT2D eigenvalue weighted by atomic mass is 15.1. The molecule has 1 aromatic heterocycles. The molecule has 3 heteroatoms. The molecule has 0 saturated heterocycles. The minimum absolute atomic E-state index is 0.403. The van der Waals surface area contributed by atoms with Crippen LogP contribution < -0.4 is 4.90 Å². The molecule has 0 spiro atoms. The monoisotopic (exact) mass is 203 g/mol. The number of rotatable bonds is 4. The van der Waals surface area contributed by atoms with Crippen molar-refractivity contribution >= 4 is 5.69 Å². The smallest absolute Gasteiger partial charge is 0.0640 e. The van der Waals surface area contributed by atoms with Crippen LogP contribution in [0.4, 0.5) is 5.69 Å². The van der Waals surface area contributed by atoms with Crippen molar-refractivity contribution in [2.45, 2.75) is 33.2 Å². The van der Waals surface area contributed by atoms with Crippen molar-refractivity contribution in [1.29, 1.82) is 5.26 Å². The van der Waals surface area contributed by atoms with Gasteiger partial charge in [-0.05, 0) is 32.9 Å². The van der Waals surface area contributed by atoms with Gasteiger partial charge >= 0.3 is 0 Å². The molecule has 0 saturated carbocycles. The Bertz CT molecular complexity index is 352. The topological polar surface area (TPSA) is 39.9 Å². The molecule has 0 bridgehead atoms. The van der Waals surface area contributed by atoms with Gasteiger partial charge in [-0.3, -0.25) is 4.98 Å².